The van der Waals surface area contributed by atoms with Crippen LogP contribution in [0.3, 0.4) is 0 Å². The molecule has 0 aliphatic heterocycles. The van der Waals surface area contributed by atoms with Crippen LogP contribution >= 0.6 is 7.82 Å². The van der Waals surface area contributed by atoms with Gasteiger partial charge in [-0.25, -0.2) is 4.57 Å². The SMILES string of the molecule is CCCCCCC/C=C/CCCCCCCC(=O)OC[C@H](COP(=O)(O)OC[C@@H](O)CO)OC(=O)CCCCCCCCCCCCC. The van der Waals surface area contributed by atoms with Gasteiger partial charge in [0.05, 0.1) is 19.8 Å². The Morgan fingerprint density at radius 1 is 0.604 bits per heavy atom. The molecule has 0 saturated heterocycles. The first-order chi connectivity index (χ1) is 23.2. The molecule has 0 spiro atoms. The summed E-state index contributed by atoms with van der Waals surface area (Å²) in [6.45, 7) is 2.34. The molecule has 284 valence electrons. The number of hydrogen-bond donors (Lipinski definition) is 3. The first-order valence-electron chi connectivity index (χ1n) is 19.1. The number of carbonyl (C=O) groups is 2. The van der Waals surface area contributed by atoms with Crippen LogP contribution in [0.2, 0.25) is 0 Å². The standard InChI is InChI=1S/C37H71O10P/c1-3-5-7-9-11-13-15-16-17-19-20-22-24-26-28-36(40)44-32-35(33-46-48(42,43)45-31-34(39)30-38)47-37(41)29-27-25-23-21-18-14-12-10-8-6-4-2/h15-16,34-35,38-39H,3-14,17-33H2,1-2H3,(H,42,43)/b16-15+/t34-,35+/m0/s1. The largest absolute Gasteiger partial charge is 0.472 e. The summed E-state index contributed by atoms with van der Waals surface area (Å²) in [6.07, 6.45) is 28.9. The quantitative estimate of drug-likeness (QED) is 0.0249. The van der Waals surface area contributed by atoms with Crippen molar-refractivity contribution >= 4 is 19.8 Å². The van der Waals surface area contributed by atoms with E-state index in [1.165, 1.54) is 83.5 Å². The van der Waals surface area contributed by atoms with Crippen LogP contribution in [-0.4, -0.2) is 65.7 Å². The third kappa shape index (κ3) is 33.2. The summed E-state index contributed by atoms with van der Waals surface area (Å²) in [5.41, 5.74) is 0. The molecule has 0 saturated carbocycles. The highest BCUT2D eigenvalue weighted by Gasteiger charge is 2.27. The monoisotopic (exact) mass is 706 g/mol. The van der Waals surface area contributed by atoms with E-state index in [-0.39, 0.29) is 19.4 Å². The predicted octanol–water partition coefficient (Wildman–Crippen LogP) is 9.28. The molecule has 11 heteroatoms. The summed E-state index contributed by atoms with van der Waals surface area (Å²) < 4.78 is 32.5. The minimum Gasteiger partial charge on any atom is -0.462 e. The maximum Gasteiger partial charge on any atom is 0.472 e. The summed E-state index contributed by atoms with van der Waals surface area (Å²) in [4.78, 5) is 34.8. The number of phosphoric ester groups is 1. The molecule has 0 aromatic heterocycles. The number of unbranched alkanes of at least 4 members (excludes halogenated alkanes) is 20. The maximum absolute atomic E-state index is 12.5. The third-order valence-corrected chi connectivity index (χ3v) is 9.12. The normalized spacial score (nSPS) is 14.2. The molecule has 48 heavy (non-hydrogen) atoms. The number of aliphatic hydroxyl groups excluding tert-OH is 2. The second-order valence-corrected chi connectivity index (χ2v) is 14.4. The molecule has 3 atom stereocenters. The molecule has 0 bridgehead atoms. The first-order valence-corrected chi connectivity index (χ1v) is 20.6. The van der Waals surface area contributed by atoms with Gasteiger partial charge in [0.1, 0.15) is 12.7 Å². The van der Waals surface area contributed by atoms with Gasteiger partial charge in [0, 0.05) is 12.8 Å². The molecule has 0 amide bonds. The number of carbonyl (C=O) groups excluding carboxylic acids is 2. The van der Waals surface area contributed by atoms with E-state index in [1.807, 2.05) is 0 Å². The lowest BCUT2D eigenvalue weighted by Crippen LogP contribution is -2.29. The van der Waals surface area contributed by atoms with Crippen LogP contribution in [0.15, 0.2) is 12.2 Å². The average Bonchev–Trinajstić information content (AvgIpc) is 3.07. The van der Waals surface area contributed by atoms with E-state index in [1.54, 1.807) is 0 Å². The van der Waals surface area contributed by atoms with Crippen molar-refractivity contribution in [3.63, 3.8) is 0 Å². The van der Waals surface area contributed by atoms with Crippen molar-refractivity contribution in [2.45, 2.75) is 187 Å². The molecule has 0 heterocycles. The van der Waals surface area contributed by atoms with Crippen LogP contribution in [-0.2, 0) is 32.7 Å². The summed E-state index contributed by atoms with van der Waals surface area (Å²) in [7, 11) is -4.60. The van der Waals surface area contributed by atoms with Gasteiger partial charge in [0.25, 0.3) is 0 Å². The summed E-state index contributed by atoms with van der Waals surface area (Å²) in [5, 5.41) is 18.2. The molecule has 1 unspecified atom stereocenters. The van der Waals surface area contributed by atoms with Gasteiger partial charge in [0.2, 0.25) is 0 Å². The first kappa shape index (κ1) is 46.7. The van der Waals surface area contributed by atoms with Gasteiger partial charge < -0.3 is 24.6 Å². The zero-order chi connectivity index (χ0) is 35.6. The topological polar surface area (TPSA) is 149 Å². The van der Waals surface area contributed by atoms with Crippen molar-refractivity contribution in [1.82, 2.24) is 0 Å². The molecular weight excluding hydrogens is 635 g/mol. The van der Waals surface area contributed by atoms with Gasteiger partial charge >= 0.3 is 19.8 Å². The Balaban J connectivity index is 4.36. The van der Waals surface area contributed by atoms with Crippen molar-refractivity contribution < 1.29 is 47.8 Å². The van der Waals surface area contributed by atoms with E-state index in [4.69, 9.17) is 19.1 Å². The minimum absolute atomic E-state index is 0.187. The van der Waals surface area contributed by atoms with Crippen molar-refractivity contribution in [2.75, 3.05) is 26.4 Å². The van der Waals surface area contributed by atoms with E-state index in [0.29, 0.717) is 12.8 Å². The molecular formula is C37H71O10P. The van der Waals surface area contributed by atoms with E-state index >= 15 is 0 Å². The number of hydrogen-bond acceptors (Lipinski definition) is 9. The Hall–Kier alpha value is -1.29. The van der Waals surface area contributed by atoms with E-state index < -0.39 is 51.8 Å². The van der Waals surface area contributed by atoms with Crippen LogP contribution < -0.4 is 0 Å². The lowest BCUT2D eigenvalue weighted by molar-refractivity contribution is -0.161. The Morgan fingerprint density at radius 3 is 1.50 bits per heavy atom. The van der Waals surface area contributed by atoms with Crippen LogP contribution in [0.5, 0.6) is 0 Å². The number of aliphatic hydroxyl groups is 2. The molecule has 10 nitrogen and oxygen atoms in total. The zero-order valence-electron chi connectivity index (χ0n) is 30.5. The van der Waals surface area contributed by atoms with Crippen molar-refractivity contribution in [2.24, 2.45) is 0 Å². The summed E-state index contributed by atoms with van der Waals surface area (Å²) >= 11 is 0. The fourth-order valence-corrected chi connectivity index (χ4v) is 5.95. The zero-order valence-corrected chi connectivity index (χ0v) is 31.4. The van der Waals surface area contributed by atoms with Crippen LogP contribution in [0.25, 0.3) is 0 Å². The van der Waals surface area contributed by atoms with Gasteiger partial charge in [-0.2, -0.15) is 0 Å². The number of ether oxygens (including phenoxy) is 2. The Bertz CT molecular complexity index is 822. The molecule has 0 aromatic rings. The van der Waals surface area contributed by atoms with Gasteiger partial charge in [-0.15, -0.1) is 0 Å². The molecule has 0 fully saturated rings. The third-order valence-electron chi connectivity index (χ3n) is 8.17. The minimum atomic E-state index is -4.60. The fraction of sp³-hybridized carbons (Fsp3) is 0.892. The maximum atomic E-state index is 12.5. The van der Waals surface area contributed by atoms with Crippen LogP contribution in [0, 0.1) is 0 Å². The highest BCUT2D eigenvalue weighted by Crippen LogP contribution is 2.43. The molecule has 0 aliphatic rings. The molecule has 3 N–H and O–H groups in total. The molecule has 0 aliphatic carbocycles. The summed E-state index contributed by atoms with van der Waals surface area (Å²) in [5.74, 6) is -0.931. The molecule has 0 radical (unpaired) electrons. The van der Waals surface area contributed by atoms with E-state index in [0.717, 1.165) is 51.4 Å². The second-order valence-electron chi connectivity index (χ2n) is 13.0. The van der Waals surface area contributed by atoms with Gasteiger partial charge in [-0.1, -0.05) is 135 Å². The van der Waals surface area contributed by atoms with E-state index in [2.05, 4.69) is 30.5 Å². The Morgan fingerprint density at radius 2 is 1.02 bits per heavy atom. The molecule has 0 rings (SSSR count). The molecule has 0 aromatic carbocycles. The van der Waals surface area contributed by atoms with E-state index in [9.17, 15) is 24.2 Å². The number of rotatable bonds is 36. The van der Waals surface area contributed by atoms with Gasteiger partial charge in [-0.3, -0.25) is 18.6 Å². The Labute approximate surface area is 292 Å². The lowest BCUT2D eigenvalue weighted by atomic mass is 10.1. The highest BCUT2D eigenvalue weighted by molar-refractivity contribution is 7.47. The predicted molar refractivity (Wildman–Crippen MR) is 192 cm³/mol. The fourth-order valence-electron chi connectivity index (χ4n) is 5.16. The van der Waals surface area contributed by atoms with Crippen molar-refractivity contribution in [3.8, 4) is 0 Å². The average molecular weight is 707 g/mol. The lowest BCUT2D eigenvalue weighted by Gasteiger charge is -2.20. The number of esters is 2. The van der Waals surface area contributed by atoms with Crippen molar-refractivity contribution in [1.29, 1.82) is 0 Å². The smallest absolute Gasteiger partial charge is 0.462 e. The highest BCUT2D eigenvalue weighted by atomic mass is 31.2. The number of allylic oxidation sites excluding steroid dienone is 2. The summed E-state index contributed by atoms with van der Waals surface area (Å²) in [6, 6.07) is 0. The van der Waals surface area contributed by atoms with Gasteiger partial charge in [0.15, 0.2) is 6.10 Å². The van der Waals surface area contributed by atoms with Crippen molar-refractivity contribution in [3.05, 3.63) is 12.2 Å². The van der Waals surface area contributed by atoms with Gasteiger partial charge in [-0.05, 0) is 38.5 Å². The van der Waals surface area contributed by atoms with Crippen LogP contribution in [0.1, 0.15) is 174 Å². The van der Waals surface area contributed by atoms with Crippen LogP contribution in [0.4, 0.5) is 0 Å². The Kier molecular flexibility index (Phi) is 33.3. The number of phosphoric acid groups is 1. The second kappa shape index (κ2) is 34.2.